The number of halogens is 2. The van der Waals surface area contributed by atoms with Crippen molar-refractivity contribution in [2.24, 2.45) is 0 Å². The highest BCUT2D eigenvalue weighted by atomic mass is 35.5. The summed E-state index contributed by atoms with van der Waals surface area (Å²) in [6.45, 7) is 0.378. The Morgan fingerprint density at radius 3 is 2.88 bits per heavy atom. The van der Waals surface area contributed by atoms with Crippen LogP contribution in [-0.4, -0.2) is 27.2 Å². The number of nitrogens with zero attached hydrogens (tertiary/aromatic N) is 2. The normalized spacial score (nSPS) is 16.0. The van der Waals surface area contributed by atoms with Crippen LogP contribution in [0.2, 0.25) is 10.0 Å². The molecule has 0 saturated carbocycles. The summed E-state index contributed by atoms with van der Waals surface area (Å²) in [4.78, 5) is 18.8. The third-order valence-electron chi connectivity index (χ3n) is 3.46. The molecule has 0 bridgehead atoms. The molecule has 0 atom stereocenters. The number of thiocarbonyl (C=S) groups is 1. The minimum atomic E-state index is -0.169. The average Bonchev–Trinajstić information content (AvgIpc) is 2.83. The quantitative estimate of drug-likeness (QED) is 0.534. The van der Waals surface area contributed by atoms with Gasteiger partial charge in [0, 0.05) is 23.0 Å². The molecule has 3 rings (SSSR count). The van der Waals surface area contributed by atoms with Crippen molar-refractivity contribution in [2.45, 2.75) is 6.54 Å². The molecular formula is C17H12Cl2N2O2S2. The van der Waals surface area contributed by atoms with Crippen LogP contribution in [0.4, 0.5) is 0 Å². The van der Waals surface area contributed by atoms with Gasteiger partial charge in [-0.2, -0.15) is 0 Å². The molecule has 0 spiro atoms. The highest BCUT2D eigenvalue weighted by Gasteiger charge is 2.32. The molecular weight excluding hydrogens is 399 g/mol. The molecule has 0 aliphatic carbocycles. The van der Waals surface area contributed by atoms with Crippen LogP contribution >= 0.6 is 47.2 Å². The number of hydrogen-bond acceptors (Lipinski definition) is 5. The van der Waals surface area contributed by atoms with E-state index in [2.05, 4.69) is 4.98 Å². The third-order valence-corrected chi connectivity index (χ3v) is 5.34. The number of thioether (sulfide) groups is 1. The van der Waals surface area contributed by atoms with E-state index in [4.69, 9.17) is 40.2 Å². The average molecular weight is 411 g/mol. The predicted octanol–water partition coefficient (Wildman–Crippen LogP) is 4.80. The fraction of sp³-hybridized carbons (Fsp3) is 0.118. The number of hydrogen-bond donors (Lipinski definition) is 0. The van der Waals surface area contributed by atoms with E-state index in [0.29, 0.717) is 37.1 Å². The van der Waals surface area contributed by atoms with E-state index in [1.54, 1.807) is 35.5 Å². The van der Waals surface area contributed by atoms with Gasteiger partial charge in [0.1, 0.15) is 10.1 Å². The summed E-state index contributed by atoms with van der Waals surface area (Å²) < 4.78 is 5.81. The number of methoxy groups -OCH3 is 1. The number of benzene rings is 1. The lowest BCUT2D eigenvalue weighted by Gasteiger charge is -2.14. The molecule has 8 heteroatoms. The standard InChI is InChI=1S/C17H12Cl2N2O2S2/c1-23-15-11(5-12(18)7-13(15)19)6-14-16(22)21(17(24)25-14)9-10-3-2-4-20-8-10/h2-8H,9H2,1H3. The number of amides is 1. The van der Waals surface area contributed by atoms with E-state index in [1.807, 2.05) is 12.1 Å². The molecule has 1 aliphatic heterocycles. The van der Waals surface area contributed by atoms with Crippen molar-refractivity contribution in [3.63, 3.8) is 0 Å². The first-order chi connectivity index (χ1) is 12.0. The molecule has 1 fully saturated rings. The number of aromatic nitrogens is 1. The van der Waals surface area contributed by atoms with E-state index in [0.717, 1.165) is 5.56 Å². The van der Waals surface area contributed by atoms with Crippen molar-refractivity contribution in [1.82, 2.24) is 9.88 Å². The van der Waals surface area contributed by atoms with Gasteiger partial charge in [0.15, 0.2) is 0 Å². The first-order valence-corrected chi connectivity index (χ1v) is 9.15. The highest BCUT2D eigenvalue weighted by molar-refractivity contribution is 8.26. The lowest BCUT2D eigenvalue weighted by molar-refractivity contribution is -0.122. The monoisotopic (exact) mass is 410 g/mol. The van der Waals surface area contributed by atoms with Crippen LogP contribution in [-0.2, 0) is 11.3 Å². The summed E-state index contributed by atoms with van der Waals surface area (Å²) in [5.74, 6) is 0.292. The van der Waals surface area contributed by atoms with Gasteiger partial charge in [-0.3, -0.25) is 14.7 Å². The molecule has 1 aromatic carbocycles. The second-order valence-corrected chi connectivity index (χ2v) is 7.66. The number of ether oxygens (including phenoxy) is 1. The third kappa shape index (κ3) is 3.98. The Morgan fingerprint density at radius 2 is 2.20 bits per heavy atom. The Bertz CT molecular complexity index is 872. The molecule has 1 aromatic heterocycles. The number of pyridine rings is 1. The number of rotatable bonds is 4. The van der Waals surface area contributed by atoms with Gasteiger partial charge in [0.2, 0.25) is 0 Å². The summed E-state index contributed by atoms with van der Waals surface area (Å²) in [6.07, 6.45) is 5.09. The van der Waals surface area contributed by atoms with E-state index in [9.17, 15) is 4.79 Å². The van der Waals surface area contributed by atoms with Crippen LogP contribution in [0.3, 0.4) is 0 Å². The Hall–Kier alpha value is -1.60. The maximum Gasteiger partial charge on any atom is 0.266 e. The molecule has 0 radical (unpaired) electrons. The van der Waals surface area contributed by atoms with Crippen molar-refractivity contribution in [2.75, 3.05) is 7.11 Å². The maximum absolute atomic E-state index is 12.7. The summed E-state index contributed by atoms with van der Waals surface area (Å²) in [7, 11) is 1.51. The molecule has 0 unspecified atom stereocenters. The van der Waals surface area contributed by atoms with Crippen molar-refractivity contribution >= 4 is 63.5 Å². The number of carbonyl (C=O) groups excluding carboxylic acids is 1. The molecule has 1 aliphatic rings. The molecule has 2 aromatic rings. The summed E-state index contributed by atoms with van der Waals surface area (Å²) in [5, 5.41) is 0.843. The molecule has 1 saturated heterocycles. The fourth-order valence-corrected chi connectivity index (χ4v) is 4.19. The van der Waals surface area contributed by atoms with Crippen LogP contribution in [0.1, 0.15) is 11.1 Å². The zero-order valence-corrected chi connectivity index (χ0v) is 16.2. The molecule has 128 valence electrons. The van der Waals surface area contributed by atoms with Gasteiger partial charge in [-0.15, -0.1) is 0 Å². The Kier molecular flexibility index (Phi) is 5.64. The van der Waals surface area contributed by atoms with Gasteiger partial charge >= 0.3 is 0 Å². The maximum atomic E-state index is 12.7. The molecule has 2 heterocycles. The van der Waals surface area contributed by atoms with Gasteiger partial charge in [0.05, 0.1) is 23.6 Å². The minimum Gasteiger partial charge on any atom is -0.495 e. The summed E-state index contributed by atoms with van der Waals surface area (Å²) in [6, 6.07) is 7.00. The van der Waals surface area contributed by atoms with Crippen molar-refractivity contribution < 1.29 is 9.53 Å². The van der Waals surface area contributed by atoms with Gasteiger partial charge in [-0.25, -0.2) is 0 Å². The summed E-state index contributed by atoms with van der Waals surface area (Å²) >= 11 is 18.8. The Morgan fingerprint density at radius 1 is 1.40 bits per heavy atom. The van der Waals surface area contributed by atoms with E-state index >= 15 is 0 Å². The zero-order chi connectivity index (χ0) is 18.0. The van der Waals surface area contributed by atoms with E-state index < -0.39 is 0 Å². The van der Waals surface area contributed by atoms with Crippen molar-refractivity contribution in [3.8, 4) is 5.75 Å². The van der Waals surface area contributed by atoms with Crippen LogP contribution < -0.4 is 4.74 Å². The van der Waals surface area contributed by atoms with Crippen LogP contribution in [0.15, 0.2) is 41.6 Å². The summed E-state index contributed by atoms with van der Waals surface area (Å²) in [5.41, 5.74) is 1.53. The van der Waals surface area contributed by atoms with E-state index in [1.165, 1.54) is 18.9 Å². The topological polar surface area (TPSA) is 42.4 Å². The second kappa shape index (κ2) is 7.74. The smallest absolute Gasteiger partial charge is 0.266 e. The minimum absolute atomic E-state index is 0.169. The Labute approximate surface area is 164 Å². The SMILES string of the molecule is COc1c(Cl)cc(Cl)cc1C=C1SC(=S)N(Cc2cccnc2)C1=O. The fourth-order valence-electron chi connectivity index (χ4n) is 2.35. The first-order valence-electron chi connectivity index (χ1n) is 7.17. The van der Waals surface area contributed by atoms with Gasteiger partial charge in [-0.1, -0.05) is 53.2 Å². The Balaban J connectivity index is 1.91. The molecule has 1 amide bonds. The van der Waals surface area contributed by atoms with Crippen LogP contribution in [0.5, 0.6) is 5.75 Å². The van der Waals surface area contributed by atoms with Crippen molar-refractivity contribution in [3.05, 3.63) is 62.7 Å². The first kappa shape index (κ1) is 18.2. The van der Waals surface area contributed by atoms with Crippen molar-refractivity contribution in [1.29, 1.82) is 0 Å². The lowest BCUT2D eigenvalue weighted by Crippen LogP contribution is -2.27. The molecule has 0 N–H and O–H groups in total. The lowest BCUT2D eigenvalue weighted by atomic mass is 10.1. The van der Waals surface area contributed by atoms with Gasteiger partial charge < -0.3 is 4.74 Å². The zero-order valence-electron chi connectivity index (χ0n) is 13.0. The molecule has 25 heavy (non-hydrogen) atoms. The number of carbonyl (C=O) groups is 1. The van der Waals surface area contributed by atoms with Crippen LogP contribution in [0, 0.1) is 0 Å². The molecule has 4 nitrogen and oxygen atoms in total. The van der Waals surface area contributed by atoms with Gasteiger partial charge in [-0.05, 0) is 29.8 Å². The van der Waals surface area contributed by atoms with Gasteiger partial charge in [0.25, 0.3) is 5.91 Å². The highest BCUT2D eigenvalue weighted by Crippen LogP contribution is 2.38. The second-order valence-electron chi connectivity index (χ2n) is 5.14. The van der Waals surface area contributed by atoms with E-state index in [-0.39, 0.29) is 5.91 Å². The predicted molar refractivity (Wildman–Crippen MR) is 106 cm³/mol. The van der Waals surface area contributed by atoms with Crippen LogP contribution in [0.25, 0.3) is 6.08 Å². The largest absolute Gasteiger partial charge is 0.495 e.